The third-order valence-corrected chi connectivity index (χ3v) is 25.7. The molecule has 3 N–H and O–H groups in total. The van der Waals surface area contributed by atoms with E-state index in [1.54, 1.807) is 63.8 Å². The quantitative estimate of drug-likeness (QED) is 0.0260. The van der Waals surface area contributed by atoms with Gasteiger partial charge in [0.1, 0.15) is 30.8 Å². The van der Waals surface area contributed by atoms with Crippen LogP contribution in [-0.2, 0) is 120 Å². The van der Waals surface area contributed by atoms with Crippen LogP contribution in [0.25, 0.3) is 0 Å². The molecule has 111 heavy (non-hydrogen) atoms. The number of Topliss-reactive ketones (excluding diaryl/α,β-unsaturated/α-hetero) is 1. The Morgan fingerprint density at radius 1 is 0.757 bits per heavy atom. The highest BCUT2D eigenvalue weighted by Crippen LogP contribution is 2.61. The maximum absolute atomic E-state index is 14.6. The van der Waals surface area contributed by atoms with Crippen LogP contribution in [-0.4, -0.2) is 274 Å². The summed E-state index contributed by atoms with van der Waals surface area (Å²) in [5.41, 5.74) is 2.75. The normalized spacial score (nSPS) is 32.7. The molecule has 10 heterocycles. The summed E-state index contributed by atoms with van der Waals surface area (Å²) in [6.07, 6.45) is 4.23. The van der Waals surface area contributed by atoms with Crippen molar-refractivity contribution < 1.29 is 120 Å². The summed E-state index contributed by atoms with van der Waals surface area (Å²) in [4.78, 5) is 83.0. The van der Waals surface area contributed by atoms with Crippen molar-refractivity contribution in [2.75, 3.05) is 111 Å². The fourth-order valence-corrected chi connectivity index (χ4v) is 19.5. The largest absolute Gasteiger partial charge is 0.448 e. The van der Waals surface area contributed by atoms with E-state index in [0.717, 1.165) is 37.7 Å². The van der Waals surface area contributed by atoms with Gasteiger partial charge in [-0.2, -0.15) is 0 Å². The molecule has 9 saturated heterocycles. The zero-order chi connectivity index (χ0) is 78.4. The molecule has 4 amide bonds. The molecule has 1 aromatic heterocycles. The number of aromatic nitrogens is 3. The average Bonchev–Trinajstić information content (AvgIpc) is 0.731. The number of anilines is 1. The number of carbonyl (C=O) groups is 6. The average molecular weight is 1600 g/mol. The summed E-state index contributed by atoms with van der Waals surface area (Å²) in [5.74, 6) is -3.16. The summed E-state index contributed by atoms with van der Waals surface area (Å²) in [7, 11) is 4.80. The Morgan fingerprint density at radius 3 is 2.20 bits per heavy atom. The number of imide groups is 1. The van der Waals surface area contributed by atoms with Gasteiger partial charge in [0.25, 0.3) is 11.8 Å². The van der Waals surface area contributed by atoms with Crippen LogP contribution in [0.2, 0.25) is 0 Å². The molecule has 1 spiro atoms. The van der Waals surface area contributed by atoms with E-state index < -0.39 is 72.2 Å². The fourth-order valence-electron chi connectivity index (χ4n) is 17.4. The number of ether oxygens (including phenoxy) is 16. The van der Waals surface area contributed by atoms with Crippen LogP contribution >= 0.6 is 21.6 Å². The molecule has 10 fully saturated rings. The molecule has 31 nitrogen and oxygen atoms in total. The smallest absolute Gasteiger partial charge is 0.414 e. The van der Waals surface area contributed by atoms with Crippen LogP contribution in [0.3, 0.4) is 0 Å². The Balaban J connectivity index is 0.563. The maximum atomic E-state index is 14.6. The molecule has 2 aromatic rings. The van der Waals surface area contributed by atoms with E-state index in [9.17, 15) is 39.0 Å². The number of aliphatic hydroxyl groups is 2. The zero-order valence-corrected chi connectivity index (χ0v) is 66.9. The van der Waals surface area contributed by atoms with E-state index in [4.69, 9.17) is 80.6 Å². The highest BCUT2D eigenvalue weighted by atomic mass is 33.1. The first-order valence-electron chi connectivity index (χ1n) is 39.7. The van der Waals surface area contributed by atoms with Gasteiger partial charge in [0, 0.05) is 88.5 Å². The van der Waals surface area contributed by atoms with Crippen molar-refractivity contribution in [3.05, 3.63) is 53.9 Å². The van der Waals surface area contributed by atoms with E-state index >= 15 is 0 Å². The number of nitrogens with one attached hydrogen (secondary N) is 1. The molecule has 1 aromatic carbocycles. The van der Waals surface area contributed by atoms with Crippen LogP contribution < -0.4 is 10.2 Å². The van der Waals surface area contributed by atoms with Crippen molar-refractivity contribution >= 4 is 63.0 Å². The van der Waals surface area contributed by atoms with Crippen molar-refractivity contribution in [2.24, 2.45) is 29.1 Å². The number of hydrogen-bond donors (Lipinski definition) is 3. The number of methoxy groups -OCH3 is 1. The van der Waals surface area contributed by atoms with Crippen LogP contribution in [0.4, 0.5) is 15.3 Å². The first-order valence-corrected chi connectivity index (χ1v) is 42.3. The summed E-state index contributed by atoms with van der Waals surface area (Å²) in [6.45, 7) is 19.1. The van der Waals surface area contributed by atoms with Gasteiger partial charge in [-0.25, -0.2) is 19.1 Å². The lowest BCUT2D eigenvalue weighted by Gasteiger charge is -2.69. The van der Waals surface area contributed by atoms with Gasteiger partial charge in [0.15, 0.2) is 5.79 Å². The molecule has 9 aliphatic heterocycles. The standard InChI is InChI=1S/C78H116N6O25S2/c1-47-35-54-14-16-63-76(3,4)40-56(103-63)19-21-78-41-58(87)67-71-68(72(67)107-78)73(108-78)70-59(106-71)15-13-55(104-70)36-52(85)37-57-61(39-60(102-54)48(47)2)105-62(69(57)93-7)38-53(86)42-79-74(91)100-44-49-9-11-51(12-10-49)83(75(92)101-46-77(5,6)111-110-8)23-26-96-29-32-97-31-28-95-25-22-82-43-50(80-81-82)45-99-34-33-98-30-27-94-24-20-66(90)109-84-64(88)17-18-65(84)89/h9-12,43,47,53-63,67-73,86-87H,2,13-42,44-46H2,1,3-8H3,(H,79,91)/t47-,53+,54+,55-,56+,57+,58-,59+,60-,61+,62-,63+,67+,68+,69-,70+,71+,72?,73-,78+/m1/s1. The van der Waals surface area contributed by atoms with E-state index in [2.05, 4.69) is 43.0 Å². The second-order valence-electron chi connectivity index (χ2n) is 32.3. The van der Waals surface area contributed by atoms with Gasteiger partial charge in [-0.1, -0.05) is 66.3 Å². The number of carbonyl (C=O) groups excluding carboxylic acids is 6. The summed E-state index contributed by atoms with van der Waals surface area (Å²) in [6, 6.07) is 7.01. The number of hydrogen-bond acceptors (Lipinski definition) is 29. The molecule has 0 radical (unpaired) electrons. The Kier molecular flexibility index (Phi) is 30.6. The number of aliphatic hydroxyl groups excluding tert-OH is 2. The molecule has 20 atom stereocenters. The second-order valence-corrected chi connectivity index (χ2v) is 35.4. The molecule has 12 rings (SSSR count). The van der Waals surface area contributed by atoms with Gasteiger partial charge in [-0.05, 0) is 99.7 Å². The van der Waals surface area contributed by atoms with E-state index in [1.165, 1.54) is 4.90 Å². The van der Waals surface area contributed by atoms with E-state index in [0.29, 0.717) is 100 Å². The van der Waals surface area contributed by atoms with Gasteiger partial charge in [0.05, 0.1) is 195 Å². The molecular formula is C78H116N6O25S2. The minimum Gasteiger partial charge on any atom is -0.448 e. The lowest BCUT2D eigenvalue weighted by molar-refractivity contribution is -0.470. The molecule has 1 aliphatic carbocycles. The summed E-state index contributed by atoms with van der Waals surface area (Å²) in [5, 5.41) is 34.8. The van der Waals surface area contributed by atoms with Crippen molar-refractivity contribution in [3.63, 3.8) is 0 Å². The number of nitrogens with zero attached hydrogens (tertiary/aromatic N) is 5. The Bertz CT molecular complexity index is 3390. The molecule has 620 valence electrons. The third-order valence-electron chi connectivity index (χ3n) is 23.1. The molecule has 1 unspecified atom stereocenters. The SMILES string of the molecule is C=C1[C@H](C)C[C@@H]2CC[C@@H]3O[C@@H](CC[C@]45C[C@@H](O)[C@@H]6C(O4)[C@@H]4[C@H]6O[C@H]6CC[C@H](CC(=O)C[C@@H]7[C@@H](OC)[C@@H](C[C@H](O)CNC(=O)OCc8ccc(N(CCOCCOCCOCCn9cc(COCCOCCOCCC(=O)ON%10C(=O)CCC%10=O)nn9)C(=O)OCC(C)(C)SSC)cc8)O[C@H]7C[C@H]1O2)O[C@@H]6[C@@H]4O5)CC3(C)C. The van der Waals surface area contributed by atoms with Gasteiger partial charge in [-0.3, -0.25) is 19.3 Å². The van der Waals surface area contributed by atoms with Gasteiger partial charge < -0.3 is 96.2 Å². The number of amides is 4. The number of ketones is 1. The first-order chi connectivity index (χ1) is 53.4. The van der Waals surface area contributed by atoms with E-state index in [-0.39, 0.29) is 199 Å². The van der Waals surface area contributed by atoms with Crippen molar-refractivity contribution in [1.29, 1.82) is 0 Å². The monoisotopic (exact) mass is 1600 g/mol. The molecule has 33 heteroatoms. The molecule has 9 bridgehead atoms. The number of rotatable bonds is 36. The lowest BCUT2D eigenvalue weighted by atomic mass is 9.57. The number of fused-ring (bicyclic) bond motifs is 7. The van der Waals surface area contributed by atoms with Crippen LogP contribution in [0.15, 0.2) is 42.6 Å². The highest BCUT2D eigenvalue weighted by molar-refractivity contribution is 8.77. The molecule has 1 saturated carbocycles. The van der Waals surface area contributed by atoms with Crippen LogP contribution in [0.1, 0.15) is 149 Å². The minimum atomic E-state index is -1.08. The van der Waals surface area contributed by atoms with Gasteiger partial charge >= 0.3 is 18.2 Å². The second kappa shape index (κ2) is 39.7. The van der Waals surface area contributed by atoms with Gasteiger partial charge in [0.2, 0.25) is 0 Å². The Hall–Kier alpha value is -5.02. The molecular weight excluding hydrogens is 1490 g/mol. The topological polar surface area (TPSA) is 349 Å². The number of alkyl carbamates (subject to hydrolysis) is 1. The van der Waals surface area contributed by atoms with E-state index in [1.807, 2.05) is 20.1 Å². The lowest BCUT2D eigenvalue weighted by Crippen LogP contribution is -2.81. The van der Waals surface area contributed by atoms with Crippen molar-refractivity contribution in [3.8, 4) is 0 Å². The highest BCUT2D eigenvalue weighted by Gasteiger charge is 2.72. The maximum Gasteiger partial charge on any atom is 0.414 e. The third kappa shape index (κ3) is 22.6. The minimum absolute atomic E-state index is 0.00505. The van der Waals surface area contributed by atoms with Crippen LogP contribution in [0, 0.1) is 29.1 Å². The first kappa shape index (κ1) is 85.4. The number of benzene rings is 1. The van der Waals surface area contributed by atoms with Crippen LogP contribution in [0.5, 0.6) is 0 Å². The zero-order valence-electron chi connectivity index (χ0n) is 65.2. The Labute approximate surface area is 657 Å². The van der Waals surface area contributed by atoms with Crippen molar-refractivity contribution in [1.82, 2.24) is 25.4 Å². The number of hydroxylamine groups is 2. The van der Waals surface area contributed by atoms with Crippen molar-refractivity contribution in [2.45, 2.75) is 259 Å². The fraction of sp³-hybridized carbons (Fsp3) is 0.795. The predicted molar refractivity (Wildman–Crippen MR) is 400 cm³/mol. The summed E-state index contributed by atoms with van der Waals surface area (Å²) < 4.78 is 101. The predicted octanol–water partition coefficient (Wildman–Crippen LogP) is 7.34. The summed E-state index contributed by atoms with van der Waals surface area (Å²) >= 11 is 0. The molecule has 10 aliphatic rings. The van der Waals surface area contributed by atoms with Gasteiger partial charge in [-0.15, -0.1) is 10.2 Å². The Morgan fingerprint density at radius 2 is 1.46 bits per heavy atom.